The zero-order chi connectivity index (χ0) is 13.0. The number of hydrogen-bond acceptors (Lipinski definition) is 6. The number of hydrogen-bond donors (Lipinski definition) is 3. The lowest BCUT2D eigenvalue weighted by atomic mass is 10.1. The summed E-state index contributed by atoms with van der Waals surface area (Å²) in [5.41, 5.74) is 0. The molecule has 1 aromatic rings. The summed E-state index contributed by atoms with van der Waals surface area (Å²) in [6.07, 6.45) is 1.69. The fourth-order valence-electron chi connectivity index (χ4n) is 1.72. The van der Waals surface area contributed by atoms with Crippen molar-refractivity contribution in [2.75, 3.05) is 23.7 Å². The monoisotopic (exact) mass is 270 g/mol. The minimum Gasteiger partial charge on any atom is -0.354 e. The number of carbonyl (C=O) groups is 1. The summed E-state index contributed by atoms with van der Waals surface area (Å²) in [4.78, 5) is 23.6. The van der Waals surface area contributed by atoms with Crippen LogP contribution in [0, 0.1) is 0 Å². The molecule has 0 aromatic carbocycles. The van der Waals surface area contributed by atoms with Gasteiger partial charge in [0.2, 0.25) is 23.1 Å². The van der Waals surface area contributed by atoms with Crippen molar-refractivity contribution in [1.29, 1.82) is 0 Å². The Morgan fingerprint density at radius 3 is 2.89 bits per heavy atom. The molecule has 1 fully saturated rings. The Balaban J connectivity index is 2.10. The van der Waals surface area contributed by atoms with E-state index in [2.05, 4.69) is 30.9 Å². The van der Waals surface area contributed by atoms with Gasteiger partial charge in [-0.15, -0.1) is 0 Å². The molecule has 2 rings (SSSR count). The molecule has 7 nitrogen and oxygen atoms in total. The van der Waals surface area contributed by atoms with Gasteiger partial charge >= 0.3 is 0 Å². The highest BCUT2D eigenvalue weighted by Gasteiger charge is 2.22. The van der Waals surface area contributed by atoms with Crippen molar-refractivity contribution in [3.05, 3.63) is 5.28 Å². The molecule has 1 aromatic heterocycles. The quantitative estimate of drug-likeness (QED) is 0.744. The van der Waals surface area contributed by atoms with Crippen molar-refractivity contribution < 1.29 is 4.79 Å². The summed E-state index contributed by atoms with van der Waals surface area (Å²) < 4.78 is 0. The summed E-state index contributed by atoms with van der Waals surface area (Å²) in [5, 5.41) is 8.80. The van der Waals surface area contributed by atoms with E-state index in [4.69, 9.17) is 11.6 Å². The second-order valence-corrected chi connectivity index (χ2v) is 4.25. The van der Waals surface area contributed by atoms with Gasteiger partial charge in [0.05, 0.1) is 0 Å². The van der Waals surface area contributed by atoms with Crippen LogP contribution in [0.25, 0.3) is 0 Å². The molecule has 18 heavy (non-hydrogen) atoms. The lowest BCUT2D eigenvalue weighted by molar-refractivity contribution is -0.123. The van der Waals surface area contributed by atoms with Crippen molar-refractivity contribution >= 4 is 29.4 Å². The van der Waals surface area contributed by atoms with E-state index in [0.717, 1.165) is 19.4 Å². The topological polar surface area (TPSA) is 91.8 Å². The van der Waals surface area contributed by atoms with Crippen LogP contribution in [-0.2, 0) is 4.79 Å². The molecular formula is C10H15ClN6O. The van der Waals surface area contributed by atoms with E-state index in [1.165, 1.54) is 0 Å². The van der Waals surface area contributed by atoms with Gasteiger partial charge in [-0.1, -0.05) is 0 Å². The molecule has 98 valence electrons. The van der Waals surface area contributed by atoms with Crippen LogP contribution >= 0.6 is 11.6 Å². The molecule has 1 saturated heterocycles. The summed E-state index contributed by atoms with van der Waals surface area (Å²) in [7, 11) is 0. The van der Waals surface area contributed by atoms with Crippen LogP contribution in [-0.4, -0.2) is 40.0 Å². The molecule has 1 aliphatic heterocycles. The molecule has 0 bridgehead atoms. The summed E-state index contributed by atoms with van der Waals surface area (Å²) in [5.74, 6) is 0.673. The predicted octanol–water partition coefficient (Wildman–Crippen LogP) is 0.647. The van der Waals surface area contributed by atoms with Crippen molar-refractivity contribution in [2.24, 2.45) is 0 Å². The van der Waals surface area contributed by atoms with Gasteiger partial charge in [0.1, 0.15) is 6.04 Å². The van der Waals surface area contributed by atoms with Crippen LogP contribution in [0.5, 0.6) is 0 Å². The molecule has 8 heteroatoms. The van der Waals surface area contributed by atoms with Gasteiger partial charge < -0.3 is 16.0 Å². The van der Waals surface area contributed by atoms with Gasteiger partial charge in [0.25, 0.3) is 0 Å². The van der Waals surface area contributed by atoms with Crippen molar-refractivity contribution in [2.45, 2.75) is 25.8 Å². The standard InChI is InChI=1S/C10H15ClN6O/c1-2-12-9-15-8(11)16-10(17-9)14-6-4-3-5-13-7(6)18/h6H,2-5H2,1H3,(H,13,18)(H2,12,14,15,16,17). The minimum atomic E-state index is -0.313. The number of anilines is 2. The third-order valence-electron chi connectivity index (χ3n) is 2.53. The molecule has 0 aliphatic carbocycles. The van der Waals surface area contributed by atoms with E-state index in [1.54, 1.807) is 0 Å². The Morgan fingerprint density at radius 1 is 1.39 bits per heavy atom. The average Bonchev–Trinajstić information content (AvgIpc) is 2.32. The Kier molecular flexibility index (Phi) is 4.14. The molecule has 2 heterocycles. The highest BCUT2D eigenvalue weighted by Crippen LogP contribution is 2.13. The Morgan fingerprint density at radius 2 is 2.17 bits per heavy atom. The summed E-state index contributed by atoms with van der Waals surface area (Å²) in [6.45, 7) is 3.33. The Hall–Kier alpha value is -1.63. The molecule has 0 saturated carbocycles. The van der Waals surface area contributed by atoms with Crippen LogP contribution in [0.4, 0.5) is 11.9 Å². The fourth-order valence-corrected chi connectivity index (χ4v) is 1.88. The Bertz CT molecular complexity index is 440. The highest BCUT2D eigenvalue weighted by molar-refractivity contribution is 6.28. The predicted molar refractivity (Wildman–Crippen MR) is 68.7 cm³/mol. The van der Waals surface area contributed by atoms with Gasteiger partial charge in [-0.2, -0.15) is 15.0 Å². The van der Waals surface area contributed by atoms with E-state index < -0.39 is 0 Å². The zero-order valence-corrected chi connectivity index (χ0v) is 10.8. The summed E-state index contributed by atoms with van der Waals surface area (Å²) in [6, 6.07) is -0.313. The van der Waals surface area contributed by atoms with Gasteiger partial charge in [-0.05, 0) is 31.4 Å². The maximum Gasteiger partial charge on any atom is 0.242 e. The van der Waals surface area contributed by atoms with Crippen LogP contribution in [0.3, 0.4) is 0 Å². The molecule has 1 aliphatic rings. The maximum absolute atomic E-state index is 11.6. The second-order valence-electron chi connectivity index (χ2n) is 3.91. The van der Waals surface area contributed by atoms with E-state index in [1.807, 2.05) is 6.92 Å². The van der Waals surface area contributed by atoms with Gasteiger partial charge in [-0.3, -0.25) is 4.79 Å². The third kappa shape index (κ3) is 3.19. The number of amides is 1. The molecule has 1 atom stereocenters. The molecule has 0 spiro atoms. The average molecular weight is 271 g/mol. The highest BCUT2D eigenvalue weighted by atomic mass is 35.5. The first-order valence-electron chi connectivity index (χ1n) is 5.88. The maximum atomic E-state index is 11.6. The summed E-state index contributed by atoms with van der Waals surface area (Å²) >= 11 is 5.80. The molecular weight excluding hydrogens is 256 g/mol. The molecule has 1 amide bonds. The van der Waals surface area contributed by atoms with Gasteiger partial charge in [-0.25, -0.2) is 0 Å². The normalized spacial score (nSPS) is 19.2. The van der Waals surface area contributed by atoms with E-state index in [0.29, 0.717) is 18.4 Å². The van der Waals surface area contributed by atoms with Crippen LogP contribution < -0.4 is 16.0 Å². The van der Waals surface area contributed by atoms with Crippen LogP contribution in [0.15, 0.2) is 0 Å². The van der Waals surface area contributed by atoms with Crippen LogP contribution in [0.2, 0.25) is 5.28 Å². The Labute approximate surface area is 110 Å². The number of nitrogens with one attached hydrogen (secondary N) is 3. The smallest absolute Gasteiger partial charge is 0.242 e. The van der Waals surface area contributed by atoms with E-state index in [-0.39, 0.29) is 17.2 Å². The SMILES string of the molecule is CCNc1nc(Cl)nc(NC2CCCNC2=O)n1. The molecule has 1 unspecified atom stereocenters. The fraction of sp³-hybridized carbons (Fsp3) is 0.600. The van der Waals surface area contributed by atoms with E-state index in [9.17, 15) is 4.79 Å². The van der Waals surface area contributed by atoms with E-state index >= 15 is 0 Å². The number of aromatic nitrogens is 3. The molecule has 0 radical (unpaired) electrons. The first-order valence-corrected chi connectivity index (χ1v) is 6.26. The van der Waals surface area contributed by atoms with Gasteiger partial charge in [0, 0.05) is 13.1 Å². The van der Waals surface area contributed by atoms with Crippen molar-refractivity contribution in [3.63, 3.8) is 0 Å². The number of nitrogens with zero attached hydrogens (tertiary/aromatic N) is 3. The lowest BCUT2D eigenvalue weighted by Crippen LogP contribution is -2.44. The number of halogens is 1. The molecule has 3 N–H and O–H groups in total. The zero-order valence-electron chi connectivity index (χ0n) is 10.0. The largest absolute Gasteiger partial charge is 0.354 e. The second kappa shape index (κ2) is 5.81. The van der Waals surface area contributed by atoms with Crippen molar-refractivity contribution in [1.82, 2.24) is 20.3 Å². The third-order valence-corrected chi connectivity index (χ3v) is 2.70. The first kappa shape index (κ1) is 12.8. The van der Waals surface area contributed by atoms with Crippen LogP contribution in [0.1, 0.15) is 19.8 Å². The number of piperidine rings is 1. The first-order chi connectivity index (χ1) is 8.69. The van der Waals surface area contributed by atoms with Crippen molar-refractivity contribution in [3.8, 4) is 0 Å². The number of rotatable bonds is 4. The van der Waals surface area contributed by atoms with Gasteiger partial charge in [0.15, 0.2) is 0 Å². The minimum absolute atomic E-state index is 0.0391. The lowest BCUT2D eigenvalue weighted by Gasteiger charge is -2.22. The number of carbonyl (C=O) groups excluding carboxylic acids is 1.